The van der Waals surface area contributed by atoms with Crippen LogP contribution in [-0.4, -0.2) is 50.3 Å². The molecule has 2 bridgehead atoms. The number of rotatable bonds is 4. The zero-order valence-electron chi connectivity index (χ0n) is 21.6. The highest BCUT2D eigenvalue weighted by atomic mass is 19.1. The number of nitrogens with one attached hydrogen (secondary N) is 1. The van der Waals surface area contributed by atoms with Gasteiger partial charge in [-0.05, 0) is 31.4 Å². The molecule has 206 valence electrons. The second kappa shape index (κ2) is 9.58. The number of carbonyl (C=O) groups excluding carboxylic acids is 2. The fourth-order valence-electron chi connectivity index (χ4n) is 5.84. The lowest BCUT2D eigenvalue weighted by Crippen LogP contribution is -2.52. The van der Waals surface area contributed by atoms with Crippen molar-refractivity contribution in [2.24, 2.45) is 5.16 Å². The number of pyridine rings is 1. The van der Waals surface area contributed by atoms with Crippen LogP contribution in [0.3, 0.4) is 0 Å². The van der Waals surface area contributed by atoms with Crippen LogP contribution in [0.1, 0.15) is 64.2 Å². The molecular formula is C29H26F2N4O5. The van der Waals surface area contributed by atoms with E-state index in [0.29, 0.717) is 25.3 Å². The predicted octanol–water partition coefficient (Wildman–Crippen LogP) is 3.50. The quantitative estimate of drug-likeness (QED) is 0.518. The molecule has 3 aliphatic heterocycles. The lowest BCUT2D eigenvalue weighted by atomic mass is 9.83. The van der Waals surface area contributed by atoms with Gasteiger partial charge in [0.2, 0.25) is 5.43 Å². The van der Waals surface area contributed by atoms with Gasteiger partial charge in [-0.25, -0.2) is 8.78 Å². The maximum atomic E-state index is 14.1. The molecule has 40 heavy (non-hydrogen) atoms. The molecule has 0 unspecified atom stereocenters. The number of carbonyl (C=O) groups is 2. The fraction of sp³-hybridized carbons (Fsp3) is 0.310. The summed E-state index contributed by atoms with van der Waals surface area (Å²) in [6.45, 7) is 1.82. The van der Waals surface area contributed by atoms with Crippen molar-refractivity contribution in [3.63, 3.8) is 0 Å². The van der Waals surface area contributed by atoms with Crippen LogP contribution in [0.2, 0.25) is 0 Å². The summed E-state index contributed by atoms with van der Waals surface area (Å²) in [5.41, 5.74) is -0.889. The first kappa shape index (κ1) is 25.7. The molecule has 2 amide bonds. The van der Waals surface area contributed by atoms with Gasteiger partial charge in [-0.2, -0.15) is 0 Å². The monoisotopic (exact) mass is 548 g/mol. The lowest BCUT2D eigenvalue weighted by Gasteiger charge is -2.41. The SMILES string of the molecule is C[C@H]1CC[C@]2(CC(c3ccccc3)=NO2)[C@H]2CN1C(=O)c1c(O)c(=O)c(C(=O)NCc3ccc(F)cc3F)cn12. The van der Waals surface area contributed by atoms with Crippen LogP contribution in [-0.2, 0) is 11.4 Å². The molecule has 9 nitrogen and oxygen atoms in total. The average Bonchev–Trinajstić information content (AvgIpc) is 3.33. The zero-order valence-corrected chi connectivity index (χ0v) is 21.6. The van der Waals surface area contributed by atoms with Gasteiger partial charge >= 0.3 is 0 Å². The Balaban J connectivity index is 1.38. The number of amides is 2. The van der Waals surface area contributed by atoms with Crippen LogP contribution in [0.5, 0.6) is 5.75 Å². The molecular weight excluding hydrogens is 522 g/mol. The molecule has 3 atom stereocenters. The predicted molar refractivity (Wildman–Crippen MR) is 140 cm³/mol. The molecule has 2 aromatic carbocycles. The van der Waals surface area contributed by atoms with E-state index in [4.69, 9.17) is 4.84 Å². The molecule has 0 radical (unpaired) electrons. The molecule has 4 heterocycles. The lowest BCUT2D eigenvalue weighted by molar-refractivity contribution is -0.0655. The molecule has 0 saturated carbocycles. The van der Waals surface area contributed by atoms with Gasteiger partial charge in [0, 0.05) is 43.4 Å². The van der Waals surface area contributed by atoms with E-state index in [-0.39, 0.29) is 30.4 Å². The minimum Gasteiger partial charge on any atom is -0.503 e. The summed E-state index contributed by atoms with van der Waals surface area (Å²) < 4.78 is 28.8. The zero-order chi connectivity index (χ0) is 28.2. The van der Waals surface area contributed by atoms with Gasteiger partial charge in [0.05, 0.1) is 11.8 Å². The highest BCUT2D eigenvalue weighted by Crippen LogP contribution is 2.46. The van der Waals surface area contributed by atoms with E-state index < -0.39 is 51.8 Å². The standard InChI is InChI=1S/C29H26F2N4O5/c1-16-9-10-29(12-22(33-40-29)17-5-3-2-4-6-17)23-15-34(16)28(39)24-26(37)25(36)20(14-35(23)24)27(38)32-13-18-7-8-19(30)11-21(18)31/h2-8,11,14,16,23,37H,9-10,12-13,15H2,1H3,(H,32,38)/t16-,23+,29-/m0/s1. The van der Waals surface area contributed by atoms with E-state index in [1.54, 1.807) is 4.90 Å². The van der Waals surface area contributed by atoms with E-state index >= 15 is 0 Å². The van der Waals surface area contributed by atoms with Gasteiger partial charge in [0.15, 0.2) is 17.0 Å². The van der Waals surface area contributed by atoms with Crippen LogP contribution in [0, 0.1) is 11.6 Å². The fourth-order valence-corrected chi connectivity index (χ4v) is 5.84. The molecule has 11 heteroatoms. The molecule has 3 aromatic rings. The van der Waals surface area contributed by atoms with Crippen molar-refractivity contribution in [2.75, 3.05) is 6.54 Å². The minimum atomic E-state index is -1.02. The molecule has 6 rings (SSSR count). The highest BCUT2D eigenvalue weighted by molar-refractivity contribution is 6.02. The van der Waals surface area contributed by atoms with Crippen molar-refractivity contribution < 1.29 is 28.3 Å². The number of hydrogen-bond donors (Lipinski definition) is 2. The third-order valence-corrected chi connectivity index (χ3v) is 8.11. The summed E-state index contributed by atoms with van der Waals surface area (Å²) in [5, 5.41) is 17.8. The molecule has 1 aromatic heterocycles. The minimum absolute atomic E-state index is 0.0181. The number of benzene rings is 2. The summed E-state index contributed by atoms with van der Waals surface area (Å²) in [5.74, 6) is -3.84. The molecule has 1 fully saturated rings. The third kappa shape index (κ3) is 4.12. The first-order chi connectivity index (χ1) is 19.2. The van der Waals surface area contributed by atoms with Crippen LogP contribution >= 0.6 is 0 Å². The van der Waals surface area contributed by atoms with Gasteiger partial charge in [-0.1, -0.05) is 41.6 Å². The number of oxime groups is 1. The summed E-state index contributed by atoms with van der Waals surface area (Å²) in [4.78, 5) is 47.5. The smallest absolute Gasteiger partial charge is 0.274 e. The largest absolute Gasteiger partial charge is 0.503 e. The van der Waals surface area contributed by atoms with Crippen LogP contribution in [0.15, 0.2) is 64.7 Å². The van der Waals surface area contributed by atoms with Gasteiger partial charge in [0.1, 0.15) is 17.2 Å². The second-order valence-corrected chi connectivity index (χ2v) is 10.5. The van der Waals surface area contributed by atoms with Crippen molar-refractivity contribution >= 4 is 17.5 Å². The first-order valence-corrected chi connectivity index (χ1v) is 13.0. The van der Waals surface area contributed by atoms with Crippen LogP contribution < -0.4 is 10.7 Å². The number of fused-ring (bicyclic) bond motifs is 5. The Morgan fingerprint density at radius 1 is 1.20 bits per heavy atom. The number of halogens is 2. The van der Waals surface area contributed by atoms with Crippen molar-refractivity contribution in [2.45, 2.75) is 50.4 Å². The highest BCUT2D eigenvalue weighted by Gasteiger charge is 2.54. The van der Waals surface area contributed by atoms with Crippen molar-refractivity contribution in [1.82, 2.24) is 14.8 Å². The Hall–Kier alpha value is -4.54. The molecule has 2 N–H and O–H groups in total. The van der Waals surface area contributed by atoms with E-state index in [1.165, 1.54) is 16.8 Å². The maximum absolute atomic E-state index is 14.1. The Bertz CT molecular complexity index is 1620. The van der Waals surface area contributed by atoms with Gasteiger partial charge in [-0.3, -0.25) is 14.4 Å². The van der Waals surface area contributed by atoms with Crippen molar-refractivity contribution in [1.29, 1.82) is 0 Å². The van der Waals surface area contributed by atoms with E-state index in [0.717, 1.165) is 17.3 Å². The second-order valence-electron chi connectivity index (χ2n) is 10.5. The summed E-state index contributed by atoms with van der Waals surface area (Å²) >= 11 is 0. The van der Waals surface area contributed by atoms with Gasteiger partial charge < -0.3 is 24.7 Å². The van der Waals surface area contributed by atoms with Gasteiger partial charge in [0.25, 0.3) is 11.8 Å². The average molecular weight is 549 g/mol. The summed E-state index contributed by atoms with van der Waals surface area (Å²) in [6.07, 6.45) is 2.83. The number of aromatic nitrogens is 1. The Kier molecular flexibility index (Phi) is 6.16. The Labute approximate surface area is 227 Å². The molecule has 1 saturated heterocycles. The number of hydrogen-bond acceptors (Lipinski definition) is 6. The maximum Gasteiger partial charge on any atom is 0.274 e. The van der Waals surface area contributed by atoms with E-state index in [1.807, 2.05) is 37.3 Å². The van der Waals surface area contributed by atoms with Crippen LogP contribution in [0.25, 0.3) is 0 Å². The number of nitrogens with zero attached hydrogens (tertiary/aromatic N) is 3. The van der Waals surface area contributed by atoms with Crippen LogP contribution in [0.4, 0.5) is 8.78 Å². The van der Waals surface area contributed by atoms with E-state index in [9.17, 15) is 28.3 Å². The van der Waals surface area contributed by atoms with Crippen molar-refractivity contribution in [3.05, 3.63) is 99.0 Å². The first-order valence-electron chi connectivity index (χ1n) is 13.0. The Morgan fingerprint density at radius 2 is 1.98 bits per heavy atom. The topological polar surface area (TPSA) is 113 Å². The normalized spacial score (nSPS) is 23.3. The molecule has 3 aliphatic rings. The van der Waals surface area contributed by atoms with Crippen molar-refractivity contribution in [3.8, 4) is 5.75 Å². The van der Waals surface area contributed by atoms with E-state index in [2.05, 4.69) is 10.5 Å². The van der Waals surface area contributed by atoms with Gasteiger partial charge in [-0.15, -0.1) is 0 Å². The summed E-state index contributed by atoms with van der Waals surface area (Å²) in [6, 6.07) is 11.8. The number of aromatic hydroxyl groups is 1. The summed E-state index contributed by atoms with van der Waals surface area (Å²) in [7, 11) is 0. The molecule has 1 spiro atoms. The Morgan fingerprint density at radius 3 is 2.73 bits per heavy atom. The molecule has 0 aliphatic carbocycles. The third-order valence-electron chi connectivity index (χ3n) is 8.11.